The van der Waals surface area contributed by atoms with Crippen molar-refractivity contribution >= 4 is 39.0 Å². The van der Waals surface area contributed by atoms with Crippen LogP contribution in [0.4, 0.5) is 13.2 Å². The number of hydrogen-bond acceptors (Lipinski definition) is 4. The Morgan fingerprint density at radius 2 is 1.04 bits per heavy atom. The Kier molecular flexibility index (Phi) is 6.10. The first-order valence-electron chi connectivity index (χ1n) is 7.38. The fourth-order valence-electron chi connectivity index (χ4n) is 5.10. The van der Waals surface area contributed by atoms with E-state index in [0.717, 1.165) is 0 Å². The summed E-state index contributed by atoms with van der Waals surface area (Å²) in [4.78, 5) is 33.0. The summed E-state index contributed by atoms with van der Waals surface area (Å²) in [5.74, 6) is -2.51. The van der Waals surface area contributed by atoms with Crippen molar-refractivity contribution in [2.24, 2.45) is 0 Å². The number of carbonyl (C=O) groups excluding carboxylic acids is 1. The fourth-order valence-corrected chi connectivity index (χ4v) is 44.8. The van der Waals surface area contributed by atoms with E-state index in [1.54, 1.807) is 0 Å². The third-order valence-electron chi connectivity index (χ3n) is 4.33. The summed E-state index contributed by atoms with van der Waals surface area (Å²) >= 11 is 0. The smallest absolute Gasteiger partial charge is 0.467 e. The predicted octanol–water partition coefficient (Wildman–Crippen LogP) is 3.39. The van der Waals surface area contributed by atoms with Crippen LogP contribution >= 0.6 is 0 Å². The van der Waals surface area contributed by atoms with E-state index in [-0.39, 0.29) is 0 Å². The number of hydrogen-bond donors (Lipinski definition) is 2. The van der Waals surface area contributed by atoms with Gasteiger partial charge in [-0.1, -0.05) is 58.9 Å². The SMILES string of the molecule is C[Si](C)(C)C([Si](C)(C)C)([Si](C)(C)C)[Si](O)(O)OC(=O)C(F)(F)F. The summed E-state index contributed by atoms with van der Waals surface area (Å²) in [6, 6.07) is 0. The Morgan fingerprint density at radius 1 is 0.783 bits per heavy atom. The number of alkyl halides is 3. The third kappa shape index (κ3) is 4.00. The first-order valence-corrected chi connectivity index (χ1v) is 19.7. The Hall–Kier alpha value is 0.0475. The lowest BCUT2D eigenvalue weighted by molar-refractivity contribution is -0.193. The summed E-state index contributed by atoms with van der Waals surface area (Å²) in [6.45, 7) is 17.2. The molecule has 0 saturated carbocycles. The lowest BCUT2D eigenvalue weighted by atomic mass is 10.7. The van der Waals surface area contributed by atoms with E-state index in [4.69, 9.17) is 0 Å². The molecule has 0 amide bonds. The number of rotatable bonds is 5. The van der Waals surface area contributed by atoms with Crippen molar-refractivity contribution in [3.63, 3.8) is 0 Å². The maximum Gasteiger partial charge on any atom is 0.560 e. The molecule has 0 radical (unpaired) electrons. The molecule has 0 aromatic carbocycles. The highest BCUT2D eigenvalue weighted by molar-refractivity contribution is 7.26. The summed E-state index contributed by atoms with van der Waals surface area (Å²) in [6.07, 6.45) is -5.24. The van der Waals surface area contributed by atoms with Crippen LogP contribution in [0.2, 0.25) is 62.8 Å². The van der Waals surface area contributed by atoms with Crippen molar-refractivity contribution in [2.75, 3.05) is 0 Å². The van der Waals surface area contributed by atoms with Crippen molar-refractivity contribution in [3.05, 3.63) is 0 Å². The van der Waals surface area contributed by atoms with Gasteiger partial charge in [0.2, 0.25) is 0 Å². The minimum atomic E-state index is -5.24. The van der Waals surface area contributed by atoms with E-state index in [2.05, 4.69) is 4.43 Å². The molecule has 0 spiro atoms. The molecule has 0 rings (SSSR count). The molecule has 0 bridgehead atoms. The molecular weight excluding hydrogens is 377 g/mol. The van der Waals surface area contributed by atoms with Gasteiger partial charge in [-0.2, -0.15) is 13.2 Å². The van der Waals surface area contributed by atoms with Crippen molar-refractivity contribution in [3.8, 4) is 0 Å². The molecule has 0 aliphatic heterocycles. The van der Waals surface area contributed by atoms with Gasteiger partial charge >= 0.3 is 21.0 Å². The summed E-state index contributed by atoms with van der Waals surface area (Å²) < 4.78 is 41.2. The Morgan fingerprint density at radius 3 is 1.22 bits per heavy atom. The van der Waals surface area contributed by atoms with Gasteiger partial charge in [-0.15, -0.1) is 0 Å². The topological polar surface area (TPSA) is 66.8 Å². The Labute approximate surface area is 140 Å². The number of carbonyl (C=O) groups is 1. The lowest BCUT2D eigenvalue weighted by Crippen LogP contribution is -2.79. The van der Waals surface area contributed by atoms with Crippen molar-refractivity contribution in [2.45, 2.75) is 69.0 Å². The molecule has 11 heteroatoms. The third-order valence-corrected chi connectivity index (χ3v) is 35.7. The van der Waals surface area contributed by atoms with E-state index < -0.39 is 49.1 Å². The molecule has 0 aliphatic carbocycles. The van der Waals surface area contributed by atoms with Crippen LogP contribution in [0.5, 0.6) is 0 Å². The van der Waals surface area contributed by atoms with E-state index in [1.165, 1.54) is 0 Å². The zero-order valence-corrected chi connectivity index (χ0v) is 19.3. The minimum absolute atomic E-state index is 1.07. The van der Waals surface area contributed by atoms with Gasteiger partial charge in [0.05, 0.1) is 24.2 Å². The Bertz CT molecular complexity index is 423. The molecule has 23 heavy (non-hydrogen) atoms. The molecule has 0 heterocycles. The maximum atomic E-state index is 12.6. The van der Waals surface area contributed by atoms with E-state index in [0.29, 0.717) is 0 Å². The first-order chi connectivity index (χ1) is 9.63. The van der Waals surface area contributed by atoms with Gasteiger partial charge in [0.1, 0.15) is 0 Å². The van der Waals surface area contributed by atoms with Gasteiger partial charge in [-0.05, 0) is 0 Å². The maximum absolute atomic E-state index is 12.6. The molecular formula is C12H29F3O4Si4. The van der Waals surface area contributed by atoms with E-state index in [1.807, 2.05) is 58.9 Å². The highest BCUT2D eigenvalue weighted by Gasteiger charge is 2.76. The largest absolute Gasteiger partial charge is 0.560 e. The Balaban J connectivity index is 6.54. The quantitative estimate of drug-likeness (QED) is 0.687. The van der Waals surface area contributed by atoms with Crippen LogP contribution in [0.1, 0.15) is 0 Å². The molecule has 0 aromatic rings. The van der Waals surface area contributed by atoms with Crippen LogP contribution in [0.3, 0.4) is 0 Å². The standard InChI is InChI=1S/C12H29F3O4Si4/c1-20(2,3)12(21(4,5)6,22(7,8)9)23(17,18)19-10(16)11(13,14)15/h17-18H,1-9H3. The van der Waals surface area contributed by atoms with Gasteiger partial charge in [-0.25, -0.2) is 4.79 Å². The second-order valence-electron chi connectivity index (χ2n) is 9.00. The van der Waals surface area contributed by atoms with Crippen LogP contribution in [0, 0.1) is 0 Å². The molecule has 4 nitrogen and oxygen atoms in total. The van der Waals surface area contributed by atoms with Crippen LogP contribution in [-0.2, 0) is 9.22 Å². The molecule has 0 unspecified atom stereocenters. The summed E-state index contributed by atoms with van der Waals surface area (Å²) in [7, 11) is -12.2. The second kappa shape index (κ2) is 6.09. The van der Waals surface area contributed by atoms with E-state index in [9.17, 15) is 27.6 Å². The summed E-state index contributed by atoms with van der Waals surface area (Å²) in [5, 5.41) is 0. The van der Waals surface area contributed by atoms with E-state index >= 15 is 0 Å². The van der Waals surface area contributed by atoms with Crippen LogP contribution in [0.25, 0.3) is 0 Å². The molecule has 0 atom stereocenters. The van der Waals surface area contributed by atoms with Crippen molar-refractivity contribution < 1.29 is 32.0 Å². The van der Waals surface area contributed by atoms with Gasteiger partial charge in [-0.3, -0.25) is 0 Å². The number of halogens is 3. The van der Waals surface area contributed by atoms with Crippen LogP contribution in [0.15, 0.2) is 0 Å². The monoisotopic (exact) mass is 406 g/mol. The average molecular weight is 407 g/mol. The highest BCUT2D eigenvalue weighted by atomic mass is 28.5. The fraction of sp³-hybridized carbons (Fsp3) is 0.917. The van der Waals surface area contributed by atoms with Crippen LogP contribution < -0.4 is 0 Å². The van der Waals surface area contributed by atoms with Gasteiger partial charge in [0.25, 0.3) is 0 Å². The minimum Gasteiger partial charge on any atom is -0.467 e. The molecule has 2 N–H and O–H groups in total. The molecule has 0 aliphatic rings. The van der Waals surface area contributed by atoms with Gasteiger partial charge in [0, 0.05) is 3.91 Å². The molecule has 138 valence electrons. The molecule has 0 aromatic heterocycles. The summed E-state index contributed by atoms with van der Waals surface area (Å²) in [5.41, 5.74) is 0. The average Bonchev–Trinajstić information content (AvgIpc) is 2.05. The molecule has 0 saturated heterocycles. The zero-order chi connectivity index (χ0) is 19.3. The van der Waals surface area contributed by atoms with Crippen LogP contribution in [-0.4, -0.2) is 54.8 Å². The predicted molar refractivity (Wildman–Crippen MR) is 95.1 cm³/mol. The molecule has 0 fully saturated rings. The van der Waals surface area contributed by atoms with Crippen molar-refractivity contribution in [1.29, 1.82) is 0 Å². The zero-order valence-electron chi connectivity index (χ0n) is 15.3. The normalized spacial score (nSPS) is 15.6. The van der Waals surface area contributed by atoms with Crippen molar-refractivity contribution in [1.82, 2.24) is 0 Å². The second-order valence-corrected chi connectivity index (χ2v) is 29.9. The van der Waals surface area contributed by atoms with Gasteiger partial charge in [0.15, 0.2) is 0 Å². The highest BCUT2D eigenvalue weighted by Crippen LogP contribution is 2.58. The lowest BCUT2D eigenvalue weighted by Gasteiger charge is -2.60. The first kappa shape index (κ1) is 23.0. The van der Waals surface area contributed by atoms with Gasteiger partial charge < -0.3 is 14.0 Å².